The van der Waals surface area contributed by atoms with Crippen LogP contribution in [-0.4, -0.2) is 38.5 Å². The summed E-state index contributed by atoms with van der Waals surface area (Å²) in [5.74, 6) is -0.909. The van der Waals surface area contributed by atoms with Gasteiger partial charge in [0.05, 0.1) is 17.9 Å². The first-order chi connectivity index (χ1) is 12.5. The Morgan fingerprint density at radius 1 is 1.12 bits per heavy atom. The van der Waals surface area contributed by atoms with Gasteiger partial charge in [0, 0.05) is 18.5 Å². The molecule has 0 aliphatic heterocycles. The van der Waals surface area contributed by atoms with Crippen LogP contribution in [-0.2, 0) is 11.2 Å². The average molecular weight is 363 g/mol. The van der Waals surface area contributed by atoms with Crippen molar-refractivity contribution in [2.24, 2.45) is 0 Å². The summed E-state index contributed by atoms with van der Waals surface area (Å²) < 4.78 is 0. The first-order valence-electron chi connectivity index (χ1n) is 9.73. The highest BCUT2D eigenvalue weighted by atomic mass is 16.4. The largest absolute Gasteiger partial charge is 0.481 e. The van der Waals surface area contributed by atoms with Crippen molar-refractivity contribution in [2.75, 3.05) is 0 Å². The van der Waals surface area contributed by atoms with E-state index in [4.69, 9.17) is 5.11 Å². The zero-order valence-corrected chi connectivity index (χ0v) is 15.8. The van der Waals surface area contributed by atoms with E-state index in [-0.39, 0.29) is 12.8 Å². The highest BCUT2D eigenvalue weighted by Crippen LogP contribution is 2.11. The molecule has 1 heterocycles. The molecule has 1 aromatic heterocycles. The van der Waals surface area contributed by atoms with Gasteiger partial charge in [-0.2, -0.15) is 0 Å². The number of carboxylic acids is 1. The van der Waals surface area contributed by atoms with Gasteiger partial charge in [-0.3, -0.25) is 9.78 Å². The number of aliphatic carboxylic acids is 1. The van der Waals surface area contributed by atoms with E-state index in [1.54, 1.807) is 12.2 Å². The van der Waals surface area contributed by atoms with Crippen molar-refractivity contribution in [2.45, 2.75) is 83.3 Å². The fourth-order valence-corrected chi connectivity index (χ4v) is 2.78. The summed E-state index contributed by atoms with van der Waals surface area (Å²) in [5, 5.41) is 28.6. The summed E-state index contributed by atoms with van der Waals surface area (Å²) in [6, 6.07) is 5.52. The smallest absolute Gasteiger partial charge is 0.303 e. The van der Waals surface area contributed by atoms with Gasteiger partial charge >= 0.3 is 5.97 Å². The Labute approximate surface area is 156 Å². The fraction of sp³-hybridized carbons (Fsp3) is 0.619. The number of rotatable bonds is 14. The van der Waals surface area contributed by atoms with Gasteiger partial charge in [-0.05, 0) is 31.1 Å². The molecular weight excluding hydrogens is 330 g/mol. The highest BCUT2D eigenvalue weighted by Gasteiger charge is 2.09. The van der Waals surface area contributed by atoms with Crippen molar-refractivity contribution < 1.29 is 20.1 Å². The Bertz CT molecular complexity index is 545. The van der Waals surface area contributed by atoms with E-state index >= 15 is 0 Å². The zero-order chi connectivity index (χ0) is 19.2. The van der Waals surface area contributed by atoms with E-state index in [9.17, 15) is 15.0 Å². The Balaban J connectivity index is 2.37. The number of unbranched alkanes of at least 4 members (excludes halogenated alkanes) is 5. The number of hydrogen-bond donors (Lipinski definition) is 3. The quantitative estimate of drug-likeness (QED) is 0.435. The van der Waals surface area contributed by atoms with Crippen molar-refractivity contribution in [3.63, 3.8) is 0 Å². The zero-order valence-electron chi connectivity index (χ0n) is 15.8. The number of aliphatic hydroxyl groups is 2. The van der Waals surface area contributed by atoms with Crippen LogP contribution in [0.3, 0.4) is 0 Å². The molecule has 0 aliphatic carbocycles. The van der Waals surface area contributed by atoms with Gasteiger partial charge in [0.1, 0.15) is 0 Å². The lowest BCUT2D eigenvalue weighted by Gasteiger charge is -2.09. The highest BCUT2D eigenvalue weighted by molar-refractivity contribution is 5.66. The second-order valence-electron chi connectivity index (χ2n) is 6.83. The predicted molar refractivity (Wildman–Crippen MR) is 104 cm³/mol. The molecule has 0 saturated carbocycles. The normalized spacial score (nSPS) is 13.8. The van der Waals surface area contributed by atoms with Crippen LogP contribution in [0.25, 0.3) is 6.08 Å². The lowest BCUT2D eigenvalue weighted by molar-refractivity contribution is -0.137. The first-order valence-corrected chi connectivity index (χ1v) is 9.73. The van der Waals surface area contributed by atoms with E-state index < -0.39 is 18.2 Å². The minimum absolute atomic E-state index is 0.0502. The summed E-state index contributed by atoms with van der Waals surface area (Å²) in [4.78, 5) is 15.0. The lowest BCUT2D eigenvalue weighted by atomic mass is 10.1. The van der Waals surface area contributed by atoms with E-state index in [2.05, 4.69) is 11.9 Å². The maximum absolute atomic E-state index is 10.5. The number of aromatic nitrogens is 1. The third-order valence-corrected chi connectivity index (χ3v) is 4.31. The topological polar surface area (TPSA) is 90.7 Å². The molecule has 26 heavy (non-hydrogen) atoms. The van der Waals surface area contributed by atoms with Gasteiger partial charge in [0.15, 0.2) is 0 Å². The van der Waals surface area contributed by atoms with E-state index in [0.717, 1.165) is 30.7 Å². The monoisotopic (exact) mass is 363 g/mol. The minimum atomic E-state index is -0.909. The van der Waals surface area contributed by atoms with Gasteiger partial charge in [0.2, 0.25) is 0 Å². The van der Waals surface area contributed by atoms with E-state index in [0.29, 0.717) is 6.42 Å². The lowest BCUT2D eigenvalue weighted by Crippen LogP contribution is -2.13. The molecule has 0 radical (unpaired) electrons. The van der Waals surface area contributed by atoms with Crippen LogP contribution in [0.5, 0.6) is 0 Å². The van der Waals surface area contributed by atoms with Crippen molar-refractivity contribution in [1.82, 2.24) is 4.98 Å². The maximum atomic E-state index is 10.5. The molecule has 0 bridgehead atoms. The average Bonchev–Trinajstić information content (AvgIpc) is 2.61. The fourth-order valence-electron chi connectivity index (χ4n) is 2.78. The molecule has 0 fully saturated rings. The molecule has 5 nitrogen and oxygen atoms in total. The van der Waals surface area contributed by atoms with E-state index in [1.807, 2.05) is 18.2 Å². The van der Waals surface area contributed by atoms with Gasteiger partial charge in [-0.1, -0.05) is 57.6 Å². The minimum Gasteiger partial charge on any atom is -0.481 e. The molecule has 2 unspecified atom stereocenters. The predicted octanol–water partition coefficient (Wildman–Crippen LogP) is 3.97. The summed E-state index contributed by atoms with van der Waals surface area (Å²) in [5.41, 5.74) is 1.45. The third-order valence-electron chi connectivity index (χ3n) is 4.31. The van der Waals surface area contributed by atoms with Gasteiger partial charge < -0.3 is 15.3 Å². The van der Waals surface area contributed by atoms with Crippen LogP contribution in [0.2, 0.25) is 0 Å². The van der Waals surface area contributed by atoms with Gasteiger partial charge in [-0.25, -0.2) is 0 Å². The molecule has 1 aromatic rings. The molecule has 0 amide bonds. The molecule has 0 aromatic carbocycles. The molecule has 2 atom stereocenters. The number of carboxylic acid groups (broad SMARTS) is 1. The van der Waals surface area contributed by atoms with Crippen molar-refractivity contribution >= 4 is 12.0 Å². The number of carbonyl (C=O) groups is 1. The molecule has 5 heteroatoms. The Kier molecular flexibility index (Phi) is 11.6. The van der Waals surface area contributed by atoms with Gasteiger partial charge in [0.25, 0.3) is 0 Å². The van der Waals surface area contributed by atoms with Crippen LogP contribution >= 0.6 is 0 Å². The second kappa shape index (κ2) is 13.5. The number of aliphatic hydroxyl groups excluding tert-OH is 2. The Morgan fingerprint density at radius 2 is 1.85 bits per heavy atom. The second-order valence-corrected chi connectivity index (χ2v) is 6.83. The number of pyridine rings is 1. The molecule has 1 rings (SSSR count). The van der Waals surface area contributed by atoms with Crippen LogP contribution in [0.1, 0.15) is 76.1 Å². The Morgan fingerprint density at radius 3 is 2.58 bits per heavy atom. The molecule has 3 N–H and O–H groups in total. The van der Waals surface area contributed by atoms with Gasteiger partial charge in [-0.15, -0.1) is 0 Å². The number of hydrogen-bond acceptors (Lipinski definition) is 4. The molecular formula is C21H33NO4. The summed E-state index contributed by atoms with van der Waals surface area (Å²) in [7, 11) is 0. The SMILES string of the molecule is CCCCCCCCC(O)/C=C/c1cccc(CC(O)CCC(=O)O)n1. The van der Waals surface area contributed by atoms with E-state index in [1.165, 1.54) is 25.7 Å². The first kappa shape index (κ1) is 22.3. The third kappa shape index (κ3) is 11.0. The molecule has 146 valence electrons. The van der Waals surface area contributed by atoms with Crippen LogP contribution in [0, 0.1) is 0 Å². The van der Waals surface area contributed by atoms with Crippen LogP contribution in [0.4, 0.5) is 0 Å². The summed E-state index contributed by atoms with van der Waals surface area (Å²) in [6.07, 6.45) is 10.9. The maximum Gasteiger partial charge on any atom is 0.303 e. The van der Waals surface area contributed by atoms with Crippen LogP contribution in [0.15, 0.2) is 24.3 Å². The van der Waals surface area contributed by atoms with Crippen molar-refractivity contribution in [1.29, 1.82) is 0 Å². The number of nitrogens with zero attached hydrogens (tertiary/aromatic N) is 1. The standard InChI is InChI=1S/C21H33NO4/c1-2-3-4-5-6-7-11-19(23)13-12-17-9-8-10-18(22-17)16-20(24)14-15-21(25)26/h8-10,12-13,19-20,23-24H,2-7,11,14-16H2,1H3,(H,25,26)/b13-12+. The molecule has 0 spiro atoms. The van der Waals surface area contributed by atoms with Crippen molar-refractivity contribution in [3.05, 3.63) is 35.7 Å². The summed E-state index contributed by atoms with van der Waals surface area (Å²) in [6.45, 7) is 2.20. The molecule has 0 aliphatic rings. The molecule has 0 saturated heterocycles. The van der Waals surface area contributed by atoms with Crippen molar-refractivity contribution in [3.8, 4) is 0 Å². The van der Waals surface area contributed by atoms with Crippen LogP contribution < -0.4 is 0 Å². The summed E-state index contributed by atoms with van der Waals surface area (Å²) >= 11 is 0. The Hall–Kier alpha value is -1.72.